The summed E-state index contributed by atoms with van der Waals surface area (Å²) in [5, 5.41) is 9.86. The molecule has 1 aliphatic heterocycles. The van der Waals surface area contributed by atoms with E-state index in [2.05, 4.69) is 4.98 Å². The molecule has 1 N–H and O–H groups in total. The second-order valence-corrected chi connectivity index (χ2v) is 7.37. The second kappa shape index (κ2) is 7.31. The van der Waals surface area contributed by atoms with E-state index in [0.717, 1.165) is 23.4 Å². The molecule has 0 radical (unpaired) electrons. The monoisotopic (exact) mass is 362 g/mol. The summed E-state index contributed by atoms with van der Waals surface area (Å²) in [7, 11) is 0. The van der Waals surface area contributed by atoms with Gasteiger partial charge in [0.05, 0.1) is 16.3 Å². The van der Waals surface area contributed by atoms with E-state index in [9.17, 15) is 14.0 Å². The van der Waals surface area contributed by atoms with E-state index in [-0.39, 0.29) is 24.2 Å². The van der Waals surface area contributed by atoms with Crippen LogP contribution in [0.15, 0.2) is 24.3 Å². The van der Waals surface area contributed by atoms with Crippen LogP contribution in [-0.4, -0.2) is 39.5 Å². The summed E-state index contributed by atoms with van der Waals surface area (Å²) in [6.45, 7) is 2.36. The molecule has 1 aromatic heterocycles. The highest BCUT2D eigenvalue weighted by Crippen LogP contribution is 2.32. The molecule has 1 atom stereocenters. The number of aromatic nitrogens is 1. The molecule has 3 rings (SSSR count). The summed E-state index contributed by atoms with van der Waals surface area (Å²) >= 11 is 1.38. The molecule has 1 aliphatic rings. The summed E-state index contributed by atoms with van der Waals surface area (Å²) in [5.74, 6) is -1.48. The largest absolute Gasteiger partial charge is 0.481 e. The first-order valence-electron chi connectivity index (χ1n) is 8.22. The fourth-order valence-electron chi connectivity index (χ4n) is 3.19. The minimum atomic E-state index is -0.905. The number of aryl methyl sites for hydroxylation is 1. The first kappa shape index (κ1) is 17.5. The Morgan fingerprint density at radius 2 is 2.04 bits per heavy atom. The smallest absolute Gasteiger partial charge is 0.305 e. The molecule has 2 aromatic rings. The number of carboxylic acid groups (broad SMARTS) is 1. The third kappa shape index (κ3) is 3.87. The van der Waals surface area contributed by atoms with Crippen LogP contribution in [0.1, 0.15) is 41.2 Å². The van der Waals surface area contributed by atoms with Crippen LogP contribution >= 0.6 is 11.3 Å². The number of hydrogen-bond acceptors (Lipinski definition) is 4. The van der Waals surface area contributed by atoms with Gasteiger partial charge >= 0.3 is 5.97 Å². The van der Waals surface area contributed by atoms with E-state index >= 15 is 0 Å². The van der Waals surface area contributed by atoms with Gasteiger partial charge in [0.15, 0.2) is 0 Å². The number of likely N-dealkylation sites (tertiary alicyclic amines) is 1. The number of rotatable bonds is 4. The lowest BCUT2D eigenvalue weighted by molar-refractivity contribution is -0.138. The maximum Gasteiger partial charge on any atom is 0.305 e. The molecule has 1 amide bonds. The van der Waals surface area contributed by atoms with Crippen LogP contribution in [0, 0.1) is 12.7 Å². The number of halogens is 1. The zero-order valence-corrected chi connectivity index (χ0v) is 14.7. The van der Waals surface area contributed by atoms with E-state index in [1.54, 1.807) is 17.0 Å². The number of carbonyl (C=O) groups excluding carboxylic acids is 1. The van der Waals surface area contributed by atoms with Crippen LogP contribution < -0.4 is 0 Å². The summed E-state index contributed by atoms with van der Waals surface area (Å²) in [6.07, 6.45) is 2.41. The molecule has 0 spiro atoms. The first-order chi connectivity index (χ1) is 12.0. The third-order valence-electron chi connectivity index (χ3n) is 4.34. The Hall–Kier alpha value is -2.28. The zero-order chi connectivity index (χ0) is 18.0. The Labute approximate surface area is 149 Å². The average molecular weight is 362 g/mol. The van der Waals surface area contributed by atoms with E-state index in [0.29, 0.717) is 23.5 Å². The van der Waals surface area contributed by atoms with Gasteiger partial charge in [-0.05, 0) is 43.9 Å². The van der Waals surface area contributed by atoms with Gasteiger partial charge in [-0.1, -0.05) is 12.1 Å². The molecule has 25 heavy (non-hydrogen) atoms. The van der Waals surface area contributed by atoms with Gasteiger partial charge in [0.25, 0.3) is 5.91 Å². The predicted octanol–water partition coefficient (Wildman–Crippen LogP) is 3.73. The van der Waals surface area contributed by atoms with E-state index in [1.807, 2.05) is 6.92 Å². The van der Waals surface area contributed by atoms with Gasteiger partial charge in [0, 0.05) is 12.6 Å². The van der Waals surface area contributed by atoms with Gasteiger partial charge in [0.1, 0.15) is 11.5 Å². The molecule has 0 aliphatic carbocycles. The number of benzene rings is 1. The van der Waals surface area contributed by atoms with Crippen molar-refractivity contribution >= 4 is 23.2 Å². The highest BCUT2D eigenvalue weighted by molar-refractivity contribution is 7.15. The van der Waals surface area contributed by atoms with Crippen molar-refractivity contribution in [2.24, 2.45) is 0 Å². The summed E-state index contributed by atoms with van der Waals surface area (Å²) < 4.78 is 13.2. The molecule has 132 valence electrons. The lowest BCUT2D eigenvalue weighted by Gasteiger charge is -2.34. The van der Waals surface area contributed by atoms with Crippen LogP contribution in [0.25, 0.3) is 10.4 Å². The normalized spacial score (nSPS) is 17.5. The van der Waals surface area contributed by atoms with E-state index in [1.165, 1.54) is 23.5 Å². The first-order valence-corrected chi connectivity index (χ1v) is 9.03. The highest BCUT2D eigenvalue weighted by atomic mass is 32.1. The number of aliphatic carboxylic acids is 1. The zero-order valence-electron chi connectivity index (χ0n) is 13.9. The number of amides is 1. The van der Waals surface area contributed by atoms with Crippen LogP contribution in [0.4, 0.5) is 4.39 Å². The molecule has 1 aromatic carbocycles. The van der Waals surface area contributed by atoms with Crippen molar-refractivity contribution in [3.63, 3.8) is 0 Å². The van der Waals surface area contributed by atoms with Gasteiger partial charge in [-0.15, -0.1) is 11.3 Å². The van der Waals surface area contributed by atoms with Crippen molar-refractivity contribution in [2.75, 3.05) is 6.54 Å². The van der Waals surface area contributed by atoms with Crippen LogP contribution in [-0.2, 0) is 4.79 Å². The highest BCUT2D eigenvalue weighted by Gasteiger charge is 2.32. The average Bonchev–Trinajstić information content (AvgIpc) is 2.97. The predicted molar refractivity (Wildman–Crippen MR) is 93.2 cm³/mol. The molecule has 0 saturated carbocycles. The number of carbonyl (C=O) groups is 2. The Morgan fingerprint density at radius 1 is 1.32 bits per heavy atom. The molecule has 1 fully saturated rings. The molecule has 1 saturated heterocycles. The Kier molecular flexibility index (Phi) is 5.13. The van der Waals surface area contributed by atoms with Crippen molar-refractivity contribution in [1.82, 2.24) is 9.88 Å². The topological polar surface area (TPSA) is 70.5 Å². The standard InChI is InChI=1S/C18H19FN2O3S/c1-11-20-16(17(25-11)12-5-7-13(19)8-6-12)18(24)21-9-3-2-4-14(21)10-15(22)23/h5-8,14H,2-4,9-10H2,1H3,(H,22,23)/t14-/m0/s1. The van der Waals surface area contributed by atoms with Crippen LogP contribution in [0.2, 0.25) is 0 Å². The molecule has 0 bridgehead atoms. The number of carboxylic acids is 1. The Bertz CT molecular complexity index is 788. The maximum atomic E-state index is 13.2. The number of thiazole rings is 1. The molecule has 2 heterocycles. The number of hydrogen-bond donors (Lipinski definition) is 1. The van der Waals surface area contributed by atoms with Crippen LogP contribution in [0.3, 0.4) is 0 Å². The quantitative estimate of drug-likeness (QED) is 0.900. The molecular weight excluding hydrogens is 343 g/mol. The second-order valence-electron chi connectivity index (χ2n) is 6.16. The lowest BCUT2D eigenvalue weighted by atomic mass is 9.98. The summed E-state index contributed by atoms with van der Waals surface area (Å²) in [6, 6.07) is 5.66. The molecule has 7 heteroatoms. The van der Waals surface area contributed by atoms with Gasteiger partial charge in [0.2, 0.25) is 0 Å². The van der Waals surface area contributed by atoms with Gasteiger partial charge < -0.3 is 10.0 Å². The summed E-state index contributed by atoms with van der Waals surface area (Å²) in [5.41, 5.74) is 1.06. The molecule has 0 unspecified atom stereocenters. The van der Waals surface area contributed by atoms with Crippen LogP contribution in [0.5, 0.6) is 0 Å². The number of nitrogens with zero attached hydrogens (tertiary/aromatic N) is 2. The van der Waals surface area contributed by atoms with Crippen molar-refractivity contribution in [3.8, 4) is 10.4 Å². The van der Waals surface area contributed by atoms with Crippen molar-refractivity contribution in [2.45, 2.75) is 38.6 Å². The third-order valence-corrected chi connectivity index (χ3v) is 5.36. The SMILES string of the molecule is Cc1nc(C(=O)N2CCCC[C@H]2CC(=O)O)c(-c2ccc(F)cc2)s1. The van der Waals surface area contributed by atoms with E-state index in [4.69, 9.17) is 5.11 Å². The minimum Gasteiger partial charge on any atom is -0.481 e. The Balaban J connectivity index is 1.93. The maximum absolute atomic E-state index is 13.2. The fraction of sp³-hybridized carbons (Fsp3) is 0.389. The molecular formula is C18H19FN2O3S. The van der Waals surface area contributed by atoms with E-state index < -0.39 is 5.97 Å². The lowest BCUT2D eigenvalue weighted by Crippen LogP contribution is -2.45. The Morgan fingerprint density at radius 3 is 2.72 bits per heavy atom. The number of piperidine rings is 1. The minimum absolute atomic E-state index is 0.0548. The fourth-order valence-corrected chi connectivity index (χ4v) is 4.10. The summed E-state index contributed by atoms with van der Waals surface area (Å²) in [4.78, 5) is 30.9. The van der Waals surface area contributed by atoms with Crippen molar-refractivity contribution < 1.29 is 19.1 Å². The van der Waals surface area contributed by atoms with Gasteiger partial charge in [-0.25, -0.2) is 9.37 Å². The van der Waals surface area contributed by atoms with Crippen molar-refractivity contribution in [1.29, 1.82) is 0 Å². The van der Waals surface area contributed by atoms with Gasteiger partial charge in [-0.3, -0.25) is 9.59 Å². The van der Waals surface area contributed by atoms with Crippen molar-refractivity contribution in [3.05, 3.63) is 40.8 Å². The molecule has 5 nitrogen and oxygen atoms in total. The van der Waals surface area contributed by atoms with Gasteiger partial charge in [-0.2, -0.15) is 0 Å².